The van der Waals surface area contributed by atoms with Crippen molar-refractivity contribution in [2.45, 2.75) is 0 Å². The summed E-state index contributed by atoms with van der Waals surface area (Å²) in [4.78, 5) is 67.6. The van der Waals surface area contributed by atoms with Crippen molar-refractivity contribution in [3.63, 3.8) is 0 Å². The van der Waals surface area contributed by atoms with Gasteiger partial charge in [-0.2, -0.15) is 0 Å². The number of nitro groups is 2. The van der Waals surface area contributed by atoms with Crippen LogP contribution in [0.3, 0.4) is 0 Å². The summed E-state index contributed by atoms with van der Waals surface area (Å²) in [5, 5.41) is 40.7. The molecule has 4 rings (SSSR count). The minimum absolute atomic E-state index is 0. The van der Waals surface area contributed by atoms with Crippen LogP contribution in [0.1, 0.15) is 41.4 Å². The molecule has 2 heterocycles. The average Bonchev–Trinajstić information content (AvgIpc) is 2.99. The maximum Gasteiger partial charge on any atom is 2.00 e. The predicted molar refractivity (Wildman–Crippen MR) is 150 cm³/mol. The molecule has 18 nitrogen and oxygen atoms in total. The third-order valence-corrected chi connectivity index (χ3v) is 4.52. The first-order chi connectivity index (χ1) is 19.8. The fourth-order valence-electron chi connectivity index (χ4n) is 2.46. The standard InChI is InChI=1S/2C7H5NO4.2C6H6N2O.Co.2H2O/c2*9-7(10)5-1-3-6(4-2-5)8(11)12;2*7-6(9)5-2-1-3-8-4-5;;;/h2*1-4H,(H,9,10);2*1-4H,(H2,7,9);;2*1H2/q;;;;+2;;. The fourth-order valence-corrected chi connectivity index (χ4v) is 2.46. The van der Waals surface area contributed by atoms with Crippen molar-refractivity contribution in [3.8, 4) is 0 Å². The summed E-state index contributed by atoms with van der Waals surface area (Å²) < 4.78 is 0. The number of benzene rings is 2. The minimum Gasteiger partial charge on any atom is -0.545 e. The van der Waals surface area contributed by atoms with Crippen molar-refractivity contribution in [3.05, 3.63) is 140 Å². The molecule has 0 aliphatic rings. The summed E-state index contributed by atoms with van der Waals surface area (Å²) in [6.45, 7) is 0. The molecule has 0 aliphatic heterocycles. The molecular weight excluding hydrogens is 647 g/mol. The second kappa shape index (κ2) is 22.4. The number of hydrogen-bond acceptors (Lipinski definition) is 12. The van der Waals surface area contributed by atoms with Gasteiger partial charge in [0, 0.05) is 49.1 Å². The van der Waals surface area contributed by atoms with Crippen LogP contribution in [0.4, 0.5) is 11.4 Å². The SMILES string of the molecule is NC(=O)c1cccnc1.NC(=O)c1cccnc1.O=C([O-])c1ccc([N+](=O)[O-])cc1.O=C([O-])c1ccc([N+](=O)[O-])cc1.[Co+2].[OH3+].[OH3+]. The summed E-state index contributed by atoms with van der Waals surface area (Å²) in [7, 11) is 0. The van der Waals surface area contributed by atoms with E-state index in [4.69, 9.17) is 11.5 Å². The van der Waals surface area contributed by atoms with E-state index < -0.39 is 33.6 Å². The molecule has 2 aromatic carbocycles. The molecule has 2 aromatic heterocycles. The summed E-state index contributed by atoms with van der Waals surface area (Å²) in [5.74, 6) is -3.57. The van der Waals surface area contributed by atoms with Crippen LogP contribution in [0.5, 0.6) is 0 Å². The number of rotatable bonds is 6. The molecule has 0 unspecified atom stereocenters. The van der Waals surface area contributed by atoms with Gasteiger partial charge in [-0.3, -0.25) is 39.8 Å². The number of amides is 2. The second-order valence-electron chi connectivity index (χ2n) is 7.39. The molecule has 2 amide bonds. The van der Waals surface area contributed by atoms with Crippen LogP contribution in [0.15, 0.2) is 97.6 Å². The van der Waals surface area contributed by atoms with Gasteiger partial charge in [0.2, 0.25) is 11.8 Å². The van der Waals surface area contributed by atoms with Crippen LogP contribution in [-0.4, -0.2) is 43.6 Å². The number of carbonyl (C=O) groups is 4. The van der Waals surface area contributed by atoms with E-state index in [9.17, 15) is 49.6 Å². The smallest absolute Gasteiger partial charge is 0.545 e. The Hall–Kier alpha value is -6.15. The summed E-state index contributed by atoms with van der Waals surface area (Å²) in [6, 6.07) is 15.6. The Kier molecular flexibility index (Phi) is 21.6. The minimum atomic E-state index is -1.34. The van der Waals surface area contributed by atoms with Gasteiger partial charge in [0.15, 0.2) is 0 Å². The van der Waals surface area contributed by atoms with Gasteiger partial charge in [-0.1, -0.05) is 0 Å². The third-order valence-electron chi connectivity index (χ3n) is 4.52. The largest absolute Gasteiger partial charge is 2.00 e. The van der Waals surface area contributed by atoms with Gasteiger partial charge < -0.3 is 42.2 Å². The number of pyridine rings is 2. The fraction of sp³-hybridized carbons (Fsp3) is 0. The van der Waals surface area contributed by atoms with Crippen molar-refractivity contribution in [2.24, 2.45) is 11.5 Å². The van der Waals surface area contributed by atoms with Gasteiger partial charge in [-0.25, -0.2) is 0 Å². The normalized spacial score (nSPS) is 8.53. The van der Waals surface area contributed by atoms with E-state index in [2.05, 4.69) is 9.97 Å². The van der Waals surface area contributed by atoms with Crippen molar-refractivity contribution < 1.29 is 67.0 Å². The molecule has 0 saturated carbocycles. The topological polar surface area (TPSA) is 344 Å². The molecule has 0 aliphatic carbocycles. The molecule has 0 spiro atoms. The quantitative estimate of drug-likeness (QED) is 0.133. The van der Waals surface area contributed by atoms with Crippen LogP contribution in [-0.2, 0) is 27.7 Å². The summed E-state index contributed by atoms with van der Waals surface area (Å²) in [5.41, 5.74) is 10.3. The maximum absolute atomic E-state index is 10.4. The van der Waals surface area contributed by atoms with Crippen LogP contribution < -0.4 is 21.7 Å². The number of carbonyl (C=O) groups excluding carboxylic acids is 4. The van der Waals surface area contributed by atoms with Gasteiger partial charge >= 0.3 is 16.8 Å². The zero-order chi connectivity index (χ0) is 31.7. The molecule has 19 heteroatoms. The van der Waals surface area contributed by atoms with E-state index in [0.717, 1.165) is 48.5 Å². The van der Waals surface area contributed by atoms with Crippen molar-refractivity contribution in [2.75, 3.05) is 0 Å². The van der Waals surface area contributed by atoms with Crippen LogP contribution in [0.25, 0.3) is 0 Å². The molecule has 239 valence electrons. The van der Waals surface area contributed by atoms with Gasteiger partial charge in [0.25, 0.3) is 11.4 Å². The van der Waals surface area contributed by atoms with Gasteiger partial charge in [-0.15, -0.1) is 0 Å². The van der Waals surface area contributed by atoms with Crippen LogP contribution >= 0.6 is 0 Å². The molecule has 1 radical (unpaired) electrons. The van der Waals surface area contributed by atoms with E-state index in [0.29, 0.717) is 11.1 Å². The maximum atomic E-state index is 10.4. The third kappa shape index (κ3) is 16.8. The molecular formula is C26H26CoN6O12+2. The Bertz CT molecular complexity index is 1340. The molecule has 0 saturated heterocycles. The number of aromatic carboxylic acids is 2. The first kappa shape index (κ1) is 43.3. The zero-order valence-electron chi connectivity index (χ0n) is 22.8. The number of primary amides is 2. The molecule has 0 fully saturated rings. The number of nitrogens with zero attached hydrogens (tertiary/aromatic N) is 4. The van der Waals surface area contributed by atoms with E-state index in [1.165, 1.54) is 12.4 Å². The van der Waals surface area contributed by atoms with E-state index in [-0.39, 0.29) is 50.2 Å². The van der Waals surface area contributed by atoms with E-state index >= 15 is 0 Å². The monoisotopic (exact) mass is 673 g/mol. The van der Waals surface area contributed by atoms with Gasteiger partial charge in [0.1, 0.15) is 0 Å². The molecule has 0 atom stereocenters. The second-order valence-corrected chi connectivity index (χ2v) is 7.39. The Labute approximate surface area is 263 Å². The van der Waals surface area contributed by atoms with Crippen molar-refractivity contribution in [1.29, 1.82) is 0 Å². The molecule has 4 aromatic rings. The molecule has 10 N–H and O–H groups in total. The number of non-ortho nitro benzene ring substituents is 2. The van der Waals surface area contributed by atoms with Crippen LogP contribution in [0, 0.1) is 20.2 Å². The first-order valence-corrected chi connectivity index (χ1v) is 11.1. The van der Waals surface area contributed by atoms with E-state index in [1.807, 2.05) is 0 Å². The Morgan fingerprint density at radius 3 is 1.00 bits per heavy atom. The van der Waals surface area contributed by atoms with E-state index in [1.54, 1.807) is 36.7 Å². The van der Waals surface area contributed by atoms with Crippen molar-refractivity contribution >= 4 is 35.1 Å². The Morgan fingerprint density at radius 1 is 0.556 bits per heavy atom. The number of aromatic nitrogens is 2. The number of carboxylic acids is 2. The number of carboxylic acid groups (broad SMARTS) is 2. The predicted octanol–water partition coefficient (Wildman–Crippen LogP) is -1.57. The molecule has 0 bridgehead atoms. The number of hydrogen-bond donors (Lipinski definition) is 2. The number of nitro benzene ring substituents is 2. The Morgan fingerprint density at radius 2 is 0.844 bits per heavy atom. The summed E-state index contributed by atoms with van der Waals surface area (Å²) >= 11 is 0. The molecule has 45 heavy (non-hydrogen) atoms. The first-order valence-electron chi connectivity index (χ1n) is 11.1. The average molecular weight is 673 g/mol. The van der Waals surface area contributed by atoms with Gasteiger partial charge in [-0.05, 0) is 59.7 Å². The Balaban J connectivity index is -0.000000515. The summed E-state index contributed by atoms with van der Waals surface area (Å²) in [6.07, 6.45) is 6.05. The van der Waals surface area contributed by atoms with Crippen LogP contribution in [0.2, 0.25) is 0 Å². The number of nitrogens with two attached hydrogens (primary N) is 2. The van der Waals surface area contributed by atoms with Crippen molar-refractivity contribution in [1.82, 2.24) is 9.97 Å². The zero-order valence-corrected chi connectivity index (χ0v) is 23.8. The van der Waals surface area contributed by atoms with Gasteiger partial charge in [0.05, 0.1) is 32.9 Å².